The number of esters is 1. The lowest BCUT2D eigenvalue weighted by atomic mass is 9.49. The zero-order valence-electron chi connectivity index (χ0n) is 13.9. The zero-order valence-corrected chi connectivity index (χ0v) is 13.9. The topological polar surface area (TPSA) is 78.6 Å². The molecule has 4 saturated carbocycles. The zero-order chi connectivity index (χ0) is 16.9. The van der Waals surface area contributed by atoms with Crippen molar-refractivity contribution in [3.8, 4) is 11.5 Å². The predicted molar refractivity (Wildman–Crippen MR) is 87.8 cm³/mol. The van der Waals surface area contributed by atoms with E-state index in [0.29, 0.717) is 34.8 Å². The Morgan fingerprint density at radius 3 is 2.12 bits per heavy atom. The van der Waals surface area contributed by atoms with Crippen LogP contribution < -0.4 is 15.2 Å². The van der Waals surface area contributed by atoms with Crippen molar-refractivity contribution in [2.75, 3.05) is 7.11 Å². The Bertz CT molecular complexity index is 661. The molecule has 128 valence electrons. The van der Waals surface area contributed by atoms with E-state index in [1.165, 1.54) is 32.4 Å². The number of carbonyl (C=O) groups is 2. The van der Waals surface area contributed by atoms with E-state index < -0.39 is 5.91 Å². The molecule has 0 spiro atoms. The van der Waals surface area contributed by atoms with Gasteiger partial charge in [0.2, 0.25) is 5.91 Å². The summed E-state index contributed by atoms with van der Waals surface area (Å²) in [6, 6.07) is 4.68. The van der Waals surface area contributed by atoms with Crippen molar-refractivity contribution < 1.29 is 19.1 Å². The Balaban J connectivity index is 1.57. The van der Waals surface area contributed by atoms with Gasteiger partial charge in [-0.2, -0.15) is 0 Å². The van der Waals surface area contributed by atoms with Crippen LogP contribution in [0.25, 0.3) is 0 Å². The van der Waals surface area contributed by atoms with Crippen LogP contribution in [0.4, 0.5) is 0 Å². The highest BCUT2D eigenvalue weighted by Gasteiger charge is 2.55. The Labute approximate surface area is 141 Å². The first-order valence-corrected chi connectivity index (χ1v) is 8.69. The van der Waals surface area contributed by atoms with Gasteiger partial charge < -0.3 is 15.2 Å². The summed E-state index contributed by atoms with van der Waals surface area (Å²) in [5, 5.41) is 0. The van der Waals surface area contributed by atoms with Crippen molar-refractivity contribution in [2.45, 2.75) is 38.5 Å². The SMILES string of the molecule is COc1cc(C(N)=O)ccc1OC(=O)C12CC3CC(CC(C3)C1)C2. The van der Waals surface area contributed by atoms with Crippen molar-refractivity contribution in [1.29, 1.82) is 0 Å². The number of primary amides is 1. The van der Waals surface area contributed by atoms with Crippen molar-refractivity contribution in [3.05, 3.63) is 23.8 Å². The summed E-state index contributed by atoms with van der Waals surface area (Å²) < 4.78 is 11.0. The Morgan fingerprint density at radius 1 is 1.04 bits per heavy atom. The maximum Gasteiger partial charge on any atom is 0.317 e. The lowest BCUT2D eigenvalue weighted by molar-refractivity contribution is -0.161. The minimum absolute atomic E-state index is 0.133. The number of nitrogens with two attached hydrogens (primary N) is 1. The molecule has 0 aliphatic heterocycles. The van der Waals surface area contributed by atoms with Gasteiger partial charge in [-0.25, -0.2) is 0 Å². The van der Waals surface area contributed by atoms with Crippen LogP contribution in [-0.4, -0.2) is 19.0 Å². The molecule has 5 heteroatoms. The average molecular weight is 329 g/mol. The molecule has 5 nitrogen and oxygen atoms in total. The fourth-order valence-electron chi connectivity index (χ4n) is 5.47. The molecule has 0 heterocycles. The number of ether oxygens (including phenoxy) is 2. The highest BCUT2D eigenvalue weighted by molar-refractivity contribution is 5.93. The second kappa shape index (κ2) is 5.50. The van der Waals surface area contributed by atoms with E-state index in [1.54, 1.807) is 12.1 Å². The molecule has 0 unspecified atom stereocenters. The molecule has 0 saturated heterocycles. The molecule has 1 aromatic carbocycles. The fraction of sp³-hybridized carbons (Fsp3) is 0.579. The number of rotatable bonds is 4. The summed E-state index contributed by atoms with van der Waals surface area (Å²) in [6.45, 7) is 0. The number of carbonyl (C=O) groups excluding carboxylic acids is 2. The normalized spacial score (nSPS) is 33.3. The van der Waals surface area contributed by atoms with Gasteiger partial charge in [0.15, 0.2) is 11.5 Å². The smallest absolute Gasteiger partial charge is 0.317 e. The molecule has 0 aromatic heterocycles. The molecule has 2 N–H and O–H groups in total. The number of methoxy groups -OCH3 is 1. The molecular weight excluding hydrogens is 306 g/mol. The third-order valence-electron chi connectivity index (χ3n) is 6.12. The first-order valence-electron chi connectivity index (χ1n) is 8.69. The molecule has 4 bridgehead atoms. The van der Waals surface area contributed by atoms with Crippen LogP contribution in [0, 0.1) is 23.2 Å². The maximum atomic E-state index is 13.0. The Morgan fingerprint density at radius 2 is 1.62 bits per heavy atom. The third-order valence-corrected chi connectivity index (χ3v) is 6.12. The van der Waals surface area contributed by atoms with Crippen LogP contribution in [0.15, 0.2) is 18.2 Å². The lowest BCUT2D eigenvalue weighted by Gasteiger charge is -2.55. The number of amides is 1. The quantitative estimate of drug-likeness (QED) is 0.680. The van der Waals surface area contributed by atoms with Crippen LogP contribution in [0.3, 0.4) is 0 Å². The summed E-state index contributed by atoms with van der Waals surface area (Å²) >= 11 is 0. The molecule has 0 atom stereocenters. The minimum atomic E-state index is -0.535. The predicted octanol–water partition coefficient (Wildman–Crippen LogP) is 2.92. The van der Waals surface area contributed by atoms with Crippen LogP contribution >= 0.6 is 0 Å². The van der Waals surface area contributed by atoms with E-state index >= 15 is 0 Å². The standard InChI is InChI=1S/C19H23NO4/c1-23-16-7-14(17(20)21)2-3-15(16)24-18(22)19-8-11-4-12(9-19)6-13(5-11)10-19/h2-3,7,11-13H,4-6,8-10H2,1H3,(H2,20,21). The van der Waals surface area contributed by atoms with Gasteiger partial charge in [0.25, 0.3) is 0 Å². The van der Waals surface area contributed by atoms with E-state index in [1.807, 2.05) is 0 Å². The van der Waals surface area contributed by atoms with Crippen LogP contribution in [0.1, 0.15) is 48.9 Å². The lowest BCUT2D eigenvalue weighted by Crippen LogP contribution is -2.51. The maximum absolute atomic E-state index is 13.0. The molecule has 1 amide bonds. The number of hydrogen-bond acceptors (Lipinski definition) is 4. The summed E-state index contributed by atoms with van der Waals surface area (Å²) in [7, 11) is 1.49. The van der Waals surface area contributed by atoms with Crippen LogP contribution in [0.2, 0.25) is 0 Å². The van der Waals surface area contributed by atoms with Gasteiger partial charge in [-0.15, -0.1) is 0 Å². The number of hydrogen-bond donors (Lipinski definition) is 1. The molecule has 5 rings (SSSR count). The van der Waals surface area contributed by atoms with Crippen molar-refractivity contribution in [1.82, 2.24) is 0 Å². The molecule has 24 heavy (non-hydrogen) atoms. The number of benzene rings is 1. The molecular formula is C19H23NO4. The highest BCUT2D eigenvalue weighted by Crippen LogP contribution is 2.60. The third kappa shape index (κ3) is 2.46. The molecule has 0 radical (unpaired) electrons. The van der Waals surface area contributed by atoms with E-state index in [9.17, 15) is 9.59 Å². The van der Waals surface area contributed by atoms with Crippen molar-refractivity contribution in [3.63, 3.8) is 0 Å². The van der Waals surface area contributed by atoms with Gasteiger partial charge in [0.05, 0.1) is 12.5 Å². The average Bonchev–Trinajstić information content (AvgIpc) is 2.53. The summed E-state index contributed by atoms with van der Waals surface area (Å²) in [5.74, 6) is 2.11. The monoisotopic (exact) mass is 329 g/mol. The second-order valence-electron chi connectivity index (χ2n) is 7.82. The van der Waals surface area contributed by atoms with Crippen LogP contribution in [0.5, 0.6) is 11.5 Å². The van der Waals surface area contributed by atoms with E-state index in [0.717, 1.165) is 19.3 Å². The van der Waals surface area contributed by atoms with Gasteiger partial charge in [-0.05, 0) is 74.5 Å². The molecule has 4 aliphatic rings. The Kier molecular flexibility index (Phi) is 3.55. The van der Waals surface area contributed by atoms with E-state index in [4.69, 9.17) is 15.2 Å². The van der Waals surface area contributed by atoms with E-state index in [-0.39, 0.29) is 11.4 Å². The van der Waals surface area contributed by atoms with Crippen LogP contribution in [-0.2, 0) is 4.79 Å². The fourth-order valence-corrected chi connectivity index (χ4v) is 5.47. The molecule has 1 aromatic rings. The first kappa shape index (κ1) is 15.5. The van der Waals surface area contributed by atoms with Gasteiger partial charge >= 0.3 is 5.97 Å². The molecule has 4 aliphatic carbocycles. The van der Waals surface area contributed by atoms with E-state index in [2.05, 4.69) is 0 Å². The summed E-state index contributed by atoms with van der Waals surface area (Å²) in [4.78, 5) is 24.3. The van der Waals surface area contributed by atoms with Gasteiger partial charge in [-0.1, -0.05) is 0 Å². The van der Waals surface area contributed by atoms with Gasteiger partial charge in [-0.3, -0.25) is 9.59 Å². The van der Waals surface area contributed by atoms with Gasteiger partial charge in [0.1, 0.15) is 0 Å². The second-order valence-corrected chi connectivity index (χ2v) is 7.82. The van der Waals surface area contributed by atoms with Crippen molar-refractivity contribution >= 4 is 11.9 Å². The summed E-state index contributed by atoms with van der Waals surface area (Å²) in [6.07, 6.45) is 6.72. The molecule has 4 fully saturated rings. The van der Waals surface area contributed by atoms with Gasteiger partial charge in [0, 0.05) is 5.56 Å². The largest absolute Gasteiger partial charge is 0.493 e. The highest BCUT2D eigenvalue weighted by atomic mass is 16.6. The Hall–Kier alpha value is -2.04. The summed E-state index contributed by atoms with van der Waals surface area (Å²) in [5.41, 5.74) is 5.31. The first-order chi connectivity index (χ1) is 11.5. The minimum Gasteiger partial charge on any atom is -0.493 e. The van der Waals surface area contributed by atoms with Crippen molar-refractivity contribution in [2.24, 2.45) is 28.9 Å².